The summed E-state index contributed by atoms with van der Waals surface area (Å²) in [5, 5.41) is 7.12. The Morgan fingerprint density at radius 3 is 2.65 bits per heavy atom. The fraction of sp³-hybridized carbons (Fsp3) is 0.562. The van der Waals surface area contributed by atoms with Gasteiger partial charge in [-0.1, -0.05) is 43.4 Å². The van der Waals surface area contributed by atoms with E-state index in [-0.39, 0.29) is 12.1 Å². The summed E-state index contributed by atoms with van der Waals surface area (Å²) in [5.41, 5.74) is 9.71. The Morgan fingerprint density at radius 2 is 1.91 bits per heavy atom. The van der Waals surface area contributed by atoms with Crippen molar-refractivity contribution >= 4 is 23.2 Å². The highest BCUT2D eigenvalue weighted by atomic mass is 35.5. The van der Waals surface area contributed by atoms with Crippen LogP contribution in [0.4, 0.5) is 5.69 Å². The normalized spacial score (nSPS) is 25.8. The zero-order valence-corrected chi connectivity index (χ0v) is 13.8. The van der Waals surface area contributed by atoms with Crippen LogP contribution in [0.3, 0.4) is 0 Å². The van der Waals surface area contributed by atoms with Crippen LogP contribution in [-0.4, -0.2) is 24.2 Å². The van der Waals surface area contributed by atoms with Crippen molar-refractivity contribution in [2.45, 2.75) is 56.8 Å². The molecule has 1 aromatic rings. The maximum atomic E-state index is 12.6. The van der Waals surface area contributed by atoms with Gasteiger partial charge in [0, 0.05) is 16.8 Å². The zero-order chi connectivity index (χ0) is 16.1. The molecule has 7 heteroatoms. The number of hydrogen-bond donors (Lipinski definition) is 5. The number of hydrogen-bond acceptors (Lipinski definition) is 5. The lowest BCUT2D eigenvalue weighted by atomic mass is 10.1. The van der Waals surface area contributed by atoms with E-state index >= 15 is 0 Å². The van der Waals surface area contributed by atoms with Crippen molar-refractivity contribution in [3.63, 3.8) is 0 Å². The van der Waals surface area contributed by atoms with Crippen molar-refractivity contribution in [1.82, 2.24) is 21.7 Å². The van der Waals surface area contributed by atoms with Crippen LogP contribution in [0.5, 0.6) is 0 Å². The van der Waals surface area contributed by atoms with Crippen LogP contribution < -0.4 is 27.0 Å². The monoisotopic (exact) mass is 337 g/mol. The molecule has 1 saturated carbocycles. The first kappa shape index (κ1) is 16.5. The standard InChI is InChI=1S/C16H24ClN5O/c17-11-6-5-9-13(10-11)18-15-14(20-22-21-15)16(23)19-12-7-3-1-2-4-8-12/h5-6,9-10,12,14-15,18,20-22H,1-4,7-8H2,(H,19,23). The summed E-state index contributed by atoms with van der Waals surface area (Å²) in [4.78, 5) is 12.6. The highest BCUT2D eigenvalue weighted by molar-refractivity contribution is 6.30. The lowest BCUT2D eigenvalue weighted by Crippen LogP contribution is -2.52. The first-order valence-electron chi connectivity index (χ1n) is 8.31. The van der Waals surface area contributed by atoms with Crippen molar-refractivity contribution in [2.24, 2.45) is 0 Å². The van der Waals surface area contributed by atoms with E-state index in [2.05, 4.69) is 27.0 Å². The Morgan fingerprint density at radius 1 is 1.13 bits per heavy atom. The van der Waals surface area contributed by atoms with Crippen molar-refractivity contribution < 1.29 is 4.79 Å². The van der Waals surface area contributed by atoms with Gasteiger partial charge in [-0.2, -0.15) is 5.53 Å². The minimum Gasteiger partial charge on any atom is -0.367 e. The maximum Gasteiger partial charge on any atom is 0.242 e. The molecule has 0 radical (unpaired) electrons. The molecule has 2 aliphatic rings. The van der Waals surface area contributed by atoms with Gasteiger partial charge in [-0.15, -0.1) is 0 Å². The Bertz CT molecular complexity index is 533. The number of nitrogens with one attached hydrogen (secondary N) is 5. The quantitative estimate of drug-likeness (QED) is 0.542. The molecule has 0 aromatic heterocycles. The van der Waals surface area contributed by atoms with Gasteiger partial charge in [-0.3, -0.25) is 4.79 Å². The molecular formula is C16H24ClN5O. The van der Waals surface area contributed by atoms with Crippen LogP contribution in [0, 0.1) is 0 Å². The number of hydrazine groups is 2. The maximum absolute atomic E-state index is 12.6. The summed E-state index contributed by atoms with van der Waals surface area (Å²) in [7, 11) is 0. The van der Waals surface area contributed by atoms with E-state index in [1.54, 1.807) is 0 Å². The number of carbonyl (C=O) groups excluding carboxylic acids is 1. The van der Waals surface area contributed by atoms with Gasteiger partial charge in [0.15, 0.2) is 0 Å². The smallest absolute Gasteiger partial charge is 0.242 e. The number of anilines is 1. The molecule has 2 fully saturated rings. The Labute approximate surface area is 141 Å². The van der Waals surface area contributed by atoms with Crippen molar-refractivity contribution in [3.8, 4) is 0 Å². The van der Waals surface area contributed by atoms with E-state index < -0.39 is 6.04 Å². The number of amides is 1. The third-order valence-electron chi connectivity index (χ3n) is 4.42. The SMILES string of the molecule is O=C(NC1CCCCCC1)C1NNNC1Nc1cccc(Cl)c1. The molecular weight excluding hydrogens is 314 g/mol. The molecule has 2 unspecified atom stereocenters. The molecule has 0 spiro atoms. The highest BCUT2D eigenvalue weighted by Crippen LogP contribution is 2.18. The number of benzene rings is 1. The fourth-order valence-electron chi connectivity index (χ4n) is 3.17. The van der Waals surface area contributed by atoms with Crippen LogP contribution >= 0.6 is 11.6 Å². The Balaban J connectivity index is 1.58. The summed E-state index contributed by atoms with van der Waals surface area (Å²) in [6.45, 7) is 0. The van der Waals surface area contributed by atoms with Gasteiger partial charge in [-0.25, -0.2) is 10.9 Å². The summed E-state index contributed by atoms with van der Waals surface area (Å²) in [5.74, 6) is 0.00827. The zero-order valence-electron chi connectivity index (χ0n) is 13.1. The van der Waals surface area contributed by atoms with Gasteiger partial charge >= 0.3 is 0 Å². The van der Waals surface area contributed by atoms with Crippen LogP contribution in [0.15, 0.2) is 24.3 Å². The van der Waals surface area contributed by atoms with Gasteiger partial charge < -0.3 is 10.6 Å². The third kappa shape index (κ3) is 4.57. The summed E-state index contributed by atoms with van der Waals surface area (Å²) in [6, 6.07) is 7.35. The van der Waals surface area contributed by atoms with Gasteiger partial charge in [0.1, 0.15) is 12.2 Å². The molecule has 3 rings (SSSR count). The summed E-state index contributed by atoms with van der Waals surface area (Å²) < 4.78 is 0. The van der Waals surface area contributed by atoms with Crippen LogP contribution in [0.1, 0.15) is 38.5 Å². The second-order valence-electron chi connectivity index (χ2n) is 6.22. The Hall–Kier alpha value is -1.34. The second kappa shape index (κ2) is 7.97. The van der Waals surface area contributed by atoms with Gasteiger partial charge in [0.2, 0.25) is 5.91 Å². The fourth-order valence-corrected chi connectivity index (χ4v) is 3.36. The average molecular weight is 338 g/mol. The third-order valence-corrected chi connectivity index (χ3v) is 4.65. The van der Waals surface area contributed by atoms with E-state index in [0.29, 0.717) is 11.1 Å². The Kier molecular flexibility index (Phi) is 5.72. The van der Waals surface area contributed by atoms with Crippen LogP contribution in [0.25, 0.3) is 0 Å². The lowest BCUT2D eigenvalue weighted by molar-refractivity contribution is -0.123. The minimum atomic E-state index is -0.391. The largest absolute Gasteiger partial charge is 0.367 e. The van der Waals surface area contributed by atoms with E-state index in [1.165, 1.54) is 25.7 Å². The molecule has 23 heavy (non-hydrogen) atoms. The van der Waals surface area contributed by atoms with Gasteiger partial charge in [-0.05, 0) is 31.0 Å². The van der Waals surface area contributed by atoms with Crippen LogP contribution in [-0.2, 0) is 4.79 Å². The molecule has 2 atom stereocenters. The van der Waals surface area contributed by atoms with E-state index in [1.807, 2.05) is 24.3 Å². The number of halogens is 1. The summed E-state index contributed by atoms with van der Waals surface area (Å²) in [6.07, 6.45) is 6.84. The molecule has 126 valence electrons. The average Bonchev–Trinajstić information content (AvgIpc) is 2.83. The van der Waals surface area contributed by atoms with E-state index in [9.17, 15) is 4.79 Å². The first-order chi connectivity index (χ1) is 11.2. The minimum absolute atomic E-state index is 0.00827. The predicted molar refractivity (Wildman–Crippen MR) is 91.7 cm³/mol. The first-order valence-corrected chi connectivity index (χ1v) is 8.69. The number of carbonyl (C=O) groups is 1. The van der Waals surface area contributed by atoms with Crippen molar-refractivity contribution in [1.29, 1.82) is 0 Å². The van der Waals surface area contributed by atoms with Crippen molar-refractivity contribution in [2.75, 3.05) is 5.32 Å². The molecule has 5 N–H and O–H groups in total. The second-order valence-corrected chi connectivity index (χ2v) is 6.66. The highest BCUT2D eigenvalue weighted by Gasteiger charge is 2.33. The molecule has 1 heterocycles. The number of rotatable bonds is 4. The molecule has 1 aromatic carbocycles. The molecule has 1 amide bonds. The van der Waals surface area contributed by atoms with E-state index in [0.717, 1.165) is 18.5 Å². The van der Waals surface area contributed by atoms with Crippen LogP contribution in [0.2, 0.25) is 5.02 Å². The van der Waals surface area contributed by atoms with Crippen molar-refractivity contribution in [3.05, 3.63) is 29.3 Å². The molecule has 1 aliphatic heterocycles. The lowest BCUT2D eigenvalue weighted by Gasteiger charge is -2.23. The molecule has 0 bridgehead atoms. The van der Waals surface area contributed by atoms with Gasteiger partial charge in [0.25, 0.3) is 0 Å². The topological polar surface area (TPSA) is 77.2 Å². The molecule has 1 saturated heterocycles. The van der Waals surface area contributed by atoms with E-state index in [4.69, 9.17) is 11.6 Å². The van der Waals surface area contributed by atoms with Gasteiger partial charge in [0.05, 0.1) is 0 Å². The summed E-state index contributed by atoms with van der Waals surface area (Å²) >= 11 is 6.00. The molecule has 6 nitrogen and oxygen atoms in total. The predicted octanol–water partition coefficient (Wildman–Crippen LogP) is 1.90. The molecule has 1 aliphatic carbocycles.